The number of nitrogens with one attached hydrogen (secondary N) is 1. The van der Waals surface area contributed by atoms with Gasteiger partial charge in [0.15, 0.2) is 0 Å². The molecule has 0 fully saturated rings. The highest BCUT2D eigenvalue weighted by Gasteiger charge is 2.19. The van der Waals surface area contributed by atoms with Crippen molar-refractivity contribution in [3.8, 4) is 5.75 Å². The molecule has 0 saturated carbocycles. The Balaban J connectivity index is 2.19. The predicted octanol–water partition coefficient (Wildman–Crippen LogP) is 3.79. The Kier molecular flexibility index (Phi) is 5.34. The first-order valence-electron chi connectivity index (χ1n) is 6.42. The molecule has 0 amide bonds. The van der Waals surface area contributed by atoms with Crippen molar-refractivity contribution in [3.63, 3.8) is 0 Å². The van der Waals surface area contributed by atoms with E-state index < -0.39 is 10.0 Å². The van der Waals surface area contributed by atoms with E-state index in [4.69, 9.17) is 27.9 Å². The maximum absolute atomic E-state index is 12.3. The van der Waals surface area contributed by atoms with Gasteiger partial charge in [0.2, 0.25) is 10.0 Å². The van der Waals surface area contributed by atoms with E-state index in [9.17, 15) is 8.42 Å². The van der Waals surface area contributed by atoms with Gasteiger partial charge in [0.05, 0.1) is 12.1 Å². The van der Waals surface area contributed by atoms with Crippen LogP contribution in [0.5, 0.6) is 5.75 Å². The number of halogens is 2. The number of hydrogen-bond donors (Lipinski definition) is 1. The standard InChI is InChI=1S/C15H15Cl2NO3S/c1-10-7-15(14(17)8-13(10)16)22(19,20)18-9-11-3-5-12(21-2)6-4-11/h3-8,18H,9H2,1-2H3. The molecule has 0 unspecified atom stereocenters. The molecule has 4 nitrogen and oxygen atoms in total. The molecule has 1 N–H and O–H groups in total. The van der Waals surface area contributed by atoms with Crippen molar-refractivity contribution in [2.45, 2.75) is 18.4 Å². The normalized spacial score (nSPS) is 11.5. The number of benzene rings is 2. The molecule has 0 aromatic heterocycles. The summed E-state index contributed by atoms with van der Waals surface area (Å²) in [5.41, 5.74) is 1.46. The van der Waals surface area contributed by atoms with Crippen LogP contribution >= 0.6 is 23.2 Å². The molecule has 0 bridgehead atoms. The molecule has 22 heavy (non-hydrogen) atoms. The lowest BCUT2D eigenvalue weighted by atomic mass is 10.2. The highest BCUT2D eigenvalue weighted by atomic mass is 35.5. The second-order valence-corrected chi connectivity index (χ2v) is 7.25. The number of rotatable bonds is 5. The summed E-state index contributed by atoms with van der Waals surface area (Å²) in [7, 11) is -2.14. The van der Waals surface area contributed by atoms with E-state index >= 15 is 0 Å². The molecule has 0 aliphatic heterocycles. The van der Waals surface area contributed by atoms with Crippen molar-refractivity contribution in [2.75, 3.05) is 7.11 Å². The van der Waals surface area contributed by atoms with E-state index in [1.807, 2.05) is 0 Å². The first-order chi connectivity index (χ1) is 10.3. The largest absolute Gasteiger partial charge is 0.497 e. The Morgan fingerprint density at radius 2 is 1.73 bits per heavy atom. The van der Waals surface area contributed by atoms with E-state index in [1.165, 1.54) is 12.1 Å². The van der Waals surface area contributed by atoms with Gasteiger partial charge in [-0.1, -0.05) is 35.3 Å². The van der Waals surface area contributed by atoms with Crippen LogP contribution in [0.4, 0.5) is 0 Å². The number of ether oxygens (including phenoxy) is 1. The lowest BCUT2D eigenvalue weighted by Gasteiger charge is -2.10. The highest BCUT2D eigenvalue weighted by molar-refractivity contribution is 7.89. The van der Waals surface area contributed by atoms with Gasteiger partial charge < -0.3 is 4.74 Å². The lowest BCUT2D eigenvalue weighted by Crippen LogP contribution is -2.23. The predicted molar refractivity (Wildman–Crippen MR) is 88.2 cm³/mol. The van der Waals surface area contributed by atoms with Crippen LogP contribution < -0.4 is 9.46 Å². The summed E-state index contributed by atoms with van der Waals surface area (Å²) in [6.45, 7) is 1.88. The third-order valence-corrected chi connectivity index (χ3v) is 5.40. The fraction of sp³-hybridized carbons (Fsp3) is 0.200. The minimum absolute atomic E-state index is 0.0181. The quantitative estimate of drug-likeness (QED) is 0.883. The van der Waals surface area contributed by atoms with Crippen molar-refractivity contribution in [1.82, 2.24) is 4.72 Å². The summed E-state index contributed by atoms with van der Waals surface area (Å²) in [4.78, 5) is 0.0181. The fourth-order valence-electron chi connectivity index (χ4n) is 1.84. The highest BCUT2D eigenvalue weighted by Crippen LogP contribution is 2.28. The van der Waals surface area contributed by atoms with Crippen molar-refractivity contribution >= 4 is 33.2 Å². The second kappa shape index (κ2) is 6.87. The lowest BCUT2D eigenvalue weighted by molar-refractivity contribution is 0.414. The zero-order valence-corrected chi connectivity index (χ0v) is 14.4. The molecule has 2 rings (SSSR count). The average molecular weight is 360 g/mol. The zero-order valence-electron chi connectivity index (χ0n) is 12.1. The summed E-state index contributed by atoms with van der Waals surface area (Å²) < 4.78 is 32.3. The third kappa shape index (κ3) is 3.93. The molecule has 118 valence electrons. The minimum atomic E-state index is -3.72. The maximum atomic E-state index is 12.3. The summed E-state index contributed by atoms with van der Waals surface area (Å²) in [6.07, 6.45) is 0. The monoisotopic (exact) mass is 359 g/mol. The number of methoxy groups -OCH3 is 1. The van der Waals surface area contributed by atoms with E-state index in [2.05, 4.69) is 4.72 Å². The van der Waals surface area contributed by atoms with Crippen molar-refractivity contribution in [3.05, 3.63) is 57.6 Å². The first-order valence-corrected chi connectivity index (χ1v) is 8.65. The molecule has 0 heterocycles. The van der Waals surface area contributed by atoms with Gasteiger partial charge in [0.1, 0.15) is 10.6 Å². The van der Waals surface area contributed by atoms with E-state index in [1.54, 1.807) is 38.3 Å². The molecular weight excluding hydrogens is 345 g/mol. The smallest absolute Gasteiger partial charge is 0.242 e. The van der Waals surface area contributed by atoms with Crippen LogP contribution in [0.1, 0.15) is 11.1 Å². The molecule has 0 radical (unpaired) electrons. The molecule has 7 heteroatoms. The molecule has 0 atom stereocenters. The maximum Gasteiger partial charge on any atom is 0.242 e. The Morgan fingerprint density at radius 1 is 1.09 bits per heavy atom. The van der Waals surface area contributed by atoms with Gasteiger partial charge >= 0.3 is 0 Å². The van der Waals surface area contributed by atoms with Gasteiger partial charge in [0, 0.05) is 11.6 Å². The van der Waals surface area contributed by atoms with E-state index in [-0.39, 0.29) is 16.5 Å². The molecule has 0 aliphatic carbocycles. The molecule has 0 spiro atoms. The van der Waals surface area contributed by atoms with Gasteiger partial charge in [0.25, 0.3) is 0 Å². The summed E-state index contributed by atoms with van der Waals surface area (Å²) in [5, 5.41) is 0.525. The SMILES string of the molecule is COc1ccc(CNS(=O)(=O)c2cc(C)c(Cl)cc2Cl)cc1. The van der Waals surface area contributed by atoms with Crippen molar-refractivity contribution in [1.29, 1.82) is 0 Å². The fourth-order valence-corrected chi connectivity index (χ4v) is 3.68. The van der Waals surface area contributed by atoms with Crippen LogP contribution in [0.25, 0.3) is 0 Å². The number of aryl methyl sites for hydroxylation is 1. The molecule has 0 saturated heterocycles. The van der Waals surface area contributed by atoms with Gasteiger partial charge in [-0.25, -0.2) is 13.1 Å². The van der Waals surface area contributed by atoms with Gasteiger partial charge in [-0.3, -0.25) is 0 Å². The second-order valence-electron chi connectivity index (χ2n) is 4.70. The summed E-state index contributed by atoms with van der Waals surface area (Å²) in [5.74, 6) is 0.711. The molecular formula is C15H15Cl2NO3S. The molecule has 2 aromatic rings. The third-order valence-electron chi connectivity index (χ3n) is 3.13. The molecule has 0 aliphatic rings. The van der Waals surface area contributed by atoms with Crippen LogP contribution in [-0.4, -0.2) is 15.5 Å². The zero-order chi connectivity index (χ0) is 16.3. The van der Waals surface area contributed by atoms with Gasteiger partial charge in [-0.2, -0.15) is 0 Å². The van der Waals surface area contributed by atoms with Gasteiger partial charge in [-0.05, 0) is 42.3 Å². The van der Waals surface area contributed by atoms with Crippen molar-refractivity contribution < 1.29 is 13.2 Å². The minimum Gasteiger partial charge on any atom is -0.497 e. The van der Waals surface area contributed by atoms with Gasteiger partial charge in [-0.15, -0.1) is 0 Å². The summed E-state index contributed by atoms with van der Waals surface area (Å²) >= 11 is 11.9. The van der Waals surface area contributed by atoms with Crippen LogP contribution in [0, 0.1) is 6.92 Å². The van der Waals surface area contributed by atoms with Crippen LogP contribution in [0.15, 0.2) is 41.3 Å². The number of hydrogen-bond acceptors (Lipinski definition) is 3. The van der Waals surface area contributed by atoms with Crippen LogP contribution in [-0.2, 0) is 16.6 Å². The molecule has 2 aromatic carbocycles. The topological polar surface area (TPSA) is 55.4 Å². The van der Waals surface area contributed by atoms with E-state index in [0.717, 1.165) is 5.56 Å². The summed E-state index contributed by atoms with van der Waals surface area (Å²) in [6, 6.07) is 10.00. The Morgan fingerprint density at radius 3 is 2.32 bits per heavy atom. The first kappa shape index (κ1) is 17.1. The Bertz CT molecular complexity index is 774. The number of sulfonamides is 1. The average Bonchev–Trinajstić information content (AvgIpc) is 2.49. The Labute approximate surface area is 140 Å². The van der Waals surface area contributed by atoms with Crippen molar-refractivity contribution in [2.24, 2.45) is 0 Å². The Hall–Kier alpha value is -1.27. The van der Waals surface area contributed by atoms with Crippen LogP contribution in [0.2, 0.25) is 10.0 Å². The van der Waals surface area contributed by atoms with Crippen LogP contribution in [0.3, 0.4) is 0 Å². The van der Waals surface area contributed by atoms with E-state index in [0.29, 0.717) is 16.3 Å².